The van der Waals surface area contributed by atoms with Gasteiger partial charge in [0.15, 0.2) is 0 Å². The monoisotopic (exact) mass is 506 g/mol. The van der Waals surface area contributed by atoms with Crippen LogP contribution in [0.4, 0.5) is 9.59 Å². The lowest BCUT2D eigenvalue weighted by Gasteiger charge is -2.43. The highest BCUT2D eigenvalue weighted by atomic mass is 16.6. The highest BCUT2D eigenvalue weighted by Crippen LogP contribution is 2.59. The fraction of sp³-hybridized carbons (Fsp3) is 0.852. The first kappa shape index (κ1) is 25.8. The highest BCUT2D eigenvalue weighted by molar-refractivity contribution is 5.68. The van der Waals surface area contributed by atoms with E-state index in [4.69, 9.17) is 23.7 Å². The van der Waals surface area contributed by atoms with Gasteiger partial charge < -0.3 is 33.5 Å². The number of methoxy groups -OCH3 is 1. The Balaban J connectivity index is 1.19. The van der Waals surface area contributed by atoms with Crippen molar-refractivity contribution in [3.63, 3.8) is 0 Å². The van der Waals surface area contributed by atoms with Crippen LogP contribution in [0.1, 0.15) is 52.9 Å². The zero-order valence-corrected chi connectivity index (χ0v) is 22.5. The van der Waals surface area contributed by atoms with Crippen LogP contribution in [-0.2, 0) is 23.7 Å². The average molecular weight is 507 g/mol. The van der Waals surface area contributed by atoms with Crippen molar-refractivity contribution in [2.24, 2.45) is 17.8 Å². The number of amides is 2. The van der Waals surface area contributed by atoms with E-state index in [1.54, 1.807) is 21.2 Å². The Morgan fingerprint density at radius 3 is 2.36 bits per heavy atom. The van der Waals surface area contributed by atoms with Crippen LogP contribution in [0.2, 0.25) is 0 Å². The zero-order chi connectivity index (χ0) is 25.8. The summed E-state index contributed by atoms with van der Waals surface area (Å²) in [6, 6.07) is 0. The number of epoxide rings is 2. The van der Waals surface area contributed by atoms with E-state index in [1.807, 2.05) is 4.90 Å². The number of carbonyl (C=O) groups excluding carboxylic acids is 2. The lowest BCUT2D eigenvalue weighted by atomic mass is 9.68. The van der Waals surface area contributed by atoms with Gasteiger partial charge in [-0.3, -0.25) is 0 Å². The quantitative estimate of drug-likeness (QED) is 0.401. The van der Waals surface area contributed by atoms with Crippen molar-refractivity contribution in [2.75, 3.05) is 40.9 Å². The topological polar surface area (TPSA) is 93.4 Å². The van der Waals surface area contributed by atoms with Crippen molar-refractivity contribution >= 4 is 12.2 Å². The maximum atomic E-state index is 13.2. The number of fused-ring (bicyclic) bond motifs is 1. The molecule has 0 aromatic carbocycles. The first-order valence-electron chi connectivity index (χ1n) is 13.4. The number of nitrogens with zero attached hydrogens (tertiary/aromatic N) is 2. The van der Waals surface area contributed by atoms with E-state index < -0.39 is 0 Å². The minimum atomic E-state index is -0.349. The average Bonchev–Trinajstić information content (AvgIpc) is 3.62. The van der Waals surface area contributed by atoms with E-state index in [0.29, 0.717) is 31.5 Å². The summed E-state index contributed by atoms with van der Waals surface area (Å²) in [6.45, 7) is 8.35. The predicted octanol–water partition coefficient (Wildman–Crippen LogP) is 3.61. The van der Waals surface area contributed by atoms with E-state index in [-0.39, 0.29) is 53.7 Å². The molecule has 3 aliphatic heterocycles. The van der Waals surface area contributed by atoms with Crippen LogP contribution in [0.25, 0.3) is 0 Å². The van der Waals surface area contributed by atoms with Crippen LogP contribution >= 0.6 is 0 Å². The van der Waals surface area contributed by atoms with Gasteiger partial charge in [0.25, 0.3) is 0 Å². The molecular weight excluding hydrogens is 464 g/mol. The third-order valence-corrected chi connectivity index (χ3v) is 9.09. The molecule has 1 spiro atoms. The molecule has 2 unspecified atom stereocenters. The van der Waals surface area contributed by atoms with Gasteiger partial charge in [0, 0.05) is 34.3 Å². The second-order valence-electron chi connectivity index (χ2n) is 12.1. The van der Waals surface area contributed by atoms with Crippen LogP contribution < -0.4 is 0 Å². The number of likely N-dealkylation sites (tertiary alicyclic amines) is 1. The van der Waals surface area contributed by atoms with E-state index in [9.17, 15) is 9.59 Å². The maximum Gasteiger partial charge on any atom is 0.410 e. The molecule has 3 heterocycles. The molecule has 0 aromatic heterocycles. The molecular formula is C27H42N2O7. The zero-order valence-electron chi connectivity index (χ0n) is 22.5. The van der Waals surface area contributed by atoms with Gasteiger partial charge in [0.05, 0.1) is 18.6 Å². The highest BCUT2D eigenvalue weighted by Gasteiger charge is 2.72. The Morgan fingerprint density at radius 2 is 1.81 bits per heavy atom. The molecule has 0 N–H and O–H groups in total. The van der Waals surface area contributed by atoms with Crippen LogP contribution in [0.15, 0.2) is 11.6 Å². The van der Waals surface area contributed by atoms with E-state index in [1.165, 1.54) is 10.5 Å². The molecule has 3 saturated heterocycles. The SMILES string of the molecule is CO[C@H]1C([C@@]2(C)O[C@@H]2CC=C(C)C)[C@]2(CC[C@H]1OC(=O)N1C[C@H]3CC(OC(=O)N(C)C)C[C@H]3C1)CO2. The third-order valence-electron chi connectivity index (χ3n) is 9.09. The van der Waals surface area contributed by atoms with Crippen LogP contribution in [0.3, 0.4) is 0 Å². The van der Waals surface area contributed by atoms with Gasteiger partial charge in [-0.05, 0) is 64.7 Å². The summed E-state index contributed by atoms with van der Waals surface area (Å²) in [5, 5.41) is 0. The molecule has 9 heteroatoms. The molecule has 2 aliphatic carbocycles. The van der Waals surface area contributed by atoms with Gasteiger partial charge in [-0.25, -0.2) is 9.59 Å². The van der Waals surface area contributed by atoms with Crippen molar-refractivity contribution in [3.05, 3.63) is 11.6 Å². The van der Waals surface area contributed by atoms with Crippen LogP contribution in [-0.4, -0.2) is 98.5 Å². The van der Waals surface area contributed by atoms with Gasteiger partial charge in [-0.1, -0.05) is 11.6 Å². The summed E-state index contributed by atoms with van der Waals surface area (Å²) in [7, 11) is 5.08. The lowest BCUT2D eigenvalue weighted by molar-refractivity contribution is -0.121. The normalized spacial score (nSPS) is 42.6. The fourth-order valence-corrected chi connectivity index (χ4v) is 7.01. The van der Waals surface area contributed by atoms with Crippen LogP contribution in [0, 0.1) is 17.8 Å². The van der Waals surface area contributed by atoms with E-state index in [0.717, 1.165) is 32.1 Å². The molecule has 36 heavy (non-hydrogen) atoms. The molecule has 202 valence electrons. The molecule has 0 aromatic rings. The predicted molar refractivity (Wildman–Crippen MR) is 132 cm³/mol. The molecule has 5 rings (SSSR count). The van der Waals surface area contributed by atoms with Gasteiger partial charge in [0.2, 0.25) is 0 Å². The number of hydrogen-bond acceptors (Lipinski definition) is 7. The molecule has 2 amide bonds. The van der Waals surface area contributed by atoms with Crippen molar-refractivity contribution < 1.29 is 33.3 Å². The van der Waals surface area contributed by atoms with E-state index >= 15 is 0 Å². The third kappa shape index (κ3) is 4.74. The second kappa shape index (κ2) is 9.48. The largest absolute Gasteiger partial charge is 0.446 e. The number of ether oxygens (including phenoxy) is 5. The number of rotatable bonds is 6. The number of allylic oxidation sites excluding steroid dienone is 1. The molecule has 9 atom stereocenters. The minimum absolute atomic E-state index is 0.0159. The molecule has 0 bridgehead atoms. The van der Waals surface area contributed by atoms with Crippen molar-refractivity contribution in [1.29, 1.82) is 0 Å². The summed E-state index contributed by atoms with van der Waals surface area (Å²) >= 11 is 0. The summed E-state index contributed by atoms with van der Waals surface area (Å²) in [5.74, 6) is 0.697. The number of hydrogen-bond donors (Lipinski definition) is 0. The Labute approximate surface area is 214 Å². The standard InChI is InChI=1S/C27H42N2O7/c1-16(2)7-8-21-26(3,36-21)23-22(32-6)20(9-10-27(23)15-33-27)35-25(31)29-13-17-11-19(12-18(17)14-29)34-24(30)28(4)5/h7,17-23H,8-15H2,1-6H3/t17-,18+,19?,20-,21-,22-,23?,26+,27+/m1/s1. The maximum absolute atomic E-state index is 13.2. The summed E-state index contributed by atoms with van der Waals surface area (Å²) in [5.41, 5.74) is 0.695. The fourth-order valence-electron chi connectivity index (χ4n) is 7.01. The van der Waals surface area contributed by atoms with Gasteiger partial charge in [-0.2, -0.15) is 0 Å². The van der Waals surface area contributed by atoms with Gasteiger partial charge >= 0.3 is 12.2 Å². The lowest BCUT2D eigenvalue weighted by Crippen LogP contribution is -2.56. The second-order valence-corrected chi connectivity index (χ2v) is 12.1. The Bertz CT molecular complexity index is 885. The summed E-state index contributed by atoms with van der Waals surface area (Å²) in [6.07, 6.45) is 5.11. The molecule has 0 radical (unpaired) electrons. The summed E-state index contributed by atoms with van der Waals surface area (Å²) < 4.78 is 30.0. The van der Waals surface area contributed by atoms with Crippen molar-refractivity contribution in [2.45, 2.75) is 88.5 Å². The van der Waals surface area contributed by atoms with Gasteiger partial charge in [-0.15, -0.1) is 0 Å². The molecule has 9 nitrogen and oxygen atoms in total. The van der Waals surface area contributed by atoms with Gasteiger partial charge in [0.1, 0.15) is 29.5 Å². The van der Waals surface area contributed by atoms with Crippen LogP contribution in [0.5, 0.6) is 0 Å². The first-order chi connectivity index (χ1) is 17.1. The van der Waals surface area contributed by atoms with Crippen molar-refractivity contribution in [1.82, 2.24) is 9.80 Å². The molecule has 5 fully saturated rings. The smallest absolute Gasteiger partial charge is 0.410 e. The number of carbonyl (C=O) groups is 2. The Morgan fingerprint density at radius 1 is 1.14 bits per heavy atom. The van der Waals surface area contributed by atoms with Crippen molar-refractivity contribution in [3.8, 4) is 0 Å². The first-order valence-corrected chi connectivity index (χ1v) is 13.4. The Hall–Kier alpha value is -1.84. The molecule has 2 saturated carbocycles. The van der Waals surface area contributed by atoms with E-state index in [2.05, 4.69) is 26.8 Å². The summed E-state index contributed by atoms with van der Waals surface area (Å²) in [4.78, 5) is 28.4. The minimum Gasteiger partial charge on any atom is -0.446 e. The molecule has 5 aliphatic rings. The Kier molecular flexibility index (Phi) is 6.79.